The average Bonchev–Trinajstić information content (AvgIpc) is 2.48. The third kappa shape index (κ3) is 1.92. The van der Waals surface area contributed by atoms with E-state index >= 15 is 0 Å². The van der Waals surface area contributed by atoms with Gasteiger partial charge in [-0.25, -0.2) is 4.98 Å². The first-order chi connectivity index (χ1) is 9.31. The quantitative estimate of drug-likeness (QED) is 0.790. The lowest BCUT2D eigenvalue weighted by Gasteiger charge is -2.46. The Labute approximate surface area is 112 Å². The Bertz CT molecular complexity index is 545. The average molecular weight is 260 g/mol. The predicted octanol–water partition coefficient (Wildman–Crippen LogP) is 0.321. The first-order valence-electron chi connectivity index (χ1n) is 7.39. The Balaban J connectivity index is 1.72. The Morgan fingerprint density at radius 3 is 2.63 bits per heavy atom. The summed E-state index contributed by atoms with van der Waals surface area (Å²) in [6, 6.07) is 0.294. The number of aromatic amines is 1. The van der Waals surface area contributed by atoms with Gasteiger partial charge in [-0.05, 0) is 25.7 Å². The molecule has 2 bridgehead atoms. The van der Waals surface area contributed by atoms with Crippen LogP contribution in [0.3, 0.4) is 0 Å². The Kier molecular flexibility index (Phi) is 2.70. The van der Waals surface area contributed by atoms with E-state index < -0.39 is 0 Å². The SMILES string of the molecule is O=c1[nH]c(C2CN3CCN2CC3)nc2c1CCCC2. The van der Waals surface area contributed by atoms with Gasteiger partial charge in [-0.3, -0.25) is 14.6 Å². The van der Waals surface area contributed by atoms with E-state index in [0.29, 0.717) is 6.04 Å². The highest BCUT2D eigenvalue weighted by Crippen LogP contribution is 2.27. The molecule has 3 fully saturated rings. The van der Waals surface area contributed by atoms with Gasteiger partial charge in [0.2, 0.25) is 0 Å². The third-order valence-electron chi connectivity index (χ3n) is 4.80. The van der Waals surface area contributed by atoms with Crippen LogP contribution in [-0.4, -0.2) is 52.5 Å². The maximum absolute atomic E-state index is 12.2. The molecular weight excluding hydrogens is 240 g/mol. The second-order valence-electron chi connectivity index (χ2n) is 5.94. The first kappa shape index (κ1) is 11.6. The lowest BCUT2D eigenvalue weighted by atomic mass is 9.97. The molecule has 1 aromatic heterocycles. The van der Waals surface area contributed by atoms with E-state index in [0.717, 1.165) is 69.1 Å². The first-order valence-corrected chi connectivity index (χ1v) is 7.39. The molecule has 1 atom stereocenters. The largest absolute Gasteiger partial charge is 0.309 e. The highest BCUT2D eigenvalue weighted by Gasteiger charge is 2.34. The fourth-order valence-electron chi connectivity index (χ4n) is 3.66. The maximum Gasteiger partial charge on any atom is 0.254 e. The minimum Gasteiger partial charge on any atom is -0.309 e. The zero-order chi connectivity index (χ0) is 12.8. The molecule has 3 saturated heterocycles. The lowest BCUT2D eigenvalue weighted by Crippen LogP contribution is -2.57. The normalized spacial score (nSPS) is 33.2. The highest BCUT2D eigenvalue weighted by atomic mass is 16.1. The second-order valence-corrected chi connectivity index (χ2v) is 5.94. The Morgan fingerprint density at radius 2 is 1.89 bits per heavy atom. The van der Waals surface area contributed by atoms with Crippen molar-refractivity contribution in [3.05, 3.63) is 27.4 Å². The Morgan fingerprint density at radius 1 is 1.11 bits per heavy atom. The van der Waals surface area contributed by atoms with Crippen molar-refractivity contribution >= 4 is 0 Å². The van der Waals surface area contributed by atoms with Crippen molar-refractivity contribution in [1.29, 1.82) is 0 Å². The van der Waals surface area contributed by atoms with Crippen LogP contribution in [0.25, 0.3) is 0 Å². The summed E-state index contributed by atoms with van der Waals surface area (Å²) < 4.78 is 0. The molecule has 0 spiro atoms. The molecule has 1 unspecified atom stereocenters. The molecule has 1 aromatic rings. The summed E-state index contributed by atoms with van der Waals surface area (Å²) in [6.45, 7) is 5.54. The molecule has 5 nitrogen and oxygen atoms in total. The number of aromatic nitrogens is 2. The summed E-state index contributed by atoms with van der Waals surface area (Å²) in [7, 11) is 0. The van der Waals surface area contributed by atoms with Crippen LogP contribution < -0.4 is 5.56 Å². The summed E-state index contributed by atoms with van der Waals surface area (Å²) in [5.41, 5.74) is 2.10. The molecule has 0 aromatic carbocycles. The summed E-state index contributed by atoms with van der Waals surface area (Å²) in [5.74, 6) is 0.898. The second kappa shape index (κ2) is 4.42. The number of aryl methyl sites for hydroxylation is 1. The van der Waals surface area contributed by atoms with E-state index in [1.165, 1.54) is 6.42 Å². The summed E-state index contributed by atoms with van der Waals surface area (Å²) in [6.07, 6.45) is 4.17. The van der Waals surface area contributed by atoms with Gasteiger partial charge in [0.1, 0.15) is 5.82 Å². The van der Waals surface area contributed by atoms with Crippen LogP contribution in [0.5, 0.6) is 0 Å². The van der Waals surface area contributed by atoms with Crippen LogP contribution in [-0.2, 0) is 12.8 Å². The monoisotopic (exact) mass is 260 g/mol. The van der Waals surface area contributed by atoms with E-state index in [1.807, 2.05) is 0 Å². The fourth-order valence-corrected chi connectivity index (χ4v) is 3.66. The Hall–Kier alpha value is -1.20. The summed E-state index contributed by atoms with van der Waals surface area (Å²) >= 11 is 0. The van der Waals surface area contributed by atoms with Crippen molar-refractivity contribution in [2.75, 3.05) is 32.7 Å². The molecular formula is C14H20N4O. The zero-order valence-corrected chi connectivity index (χ0v) is 11.2. The molecule has 0 amide bonds. The predicted molar refractivity (Wildman–Crippen MR) is 72.3 cm³/mol. The van der Waals surface area contributed by atoms with Gasteiger partial charge in [0, 0.05) is 38.3 Å². The van der Waals surface area contributed by atoms with Crippen molar-refractivity contribution in [1.82, 2.24) is 19.8 Å². The molecule has 4 heterocycles. The molecule has 0 radical (unpaired) electrons. The standard InChI is InChI=1S/C14H20N4O/c19-14-10-3-1-2-4-11(10)15-13(16-14)12-9-17-5-7-18(12)8-6-17/h12H,1-9H2,(H,15,16,19). The number of H-pyrrole nitrogens is 1. The third-order valence-corrected chi connectivity index (χ3v) is 4.80. The number of rotatable bonds is 1. The van der Waals surface area contributed by atoms with Gasteiger partial charge in [-0.15, -0.1) is 0 Å². The van der Waals surface area contributed by atoms with Crippen LogP contribution in [0.2, 0.25) is 0 Å². The maximum atomic E-state index is 12.2. The van der Waals surface area contributed by atoms with E-state index in [1.54, 1.807) is 0 Å². The van der Waals surface area contributed by atoms with E-state index in [4.69, 9.17) is 4.98 Å². The minimum absolute atomic E-state index is 0.109. The van der Waals surface area contributed by atoms with E-state index in [-0.39, 0.29) is 5.56 Å². The molecule has 0 saturated carbocycles. The van der Waals surface area contributed by atoms with Crippen molar-refractivity contribution in [3.8, 4) is 0 Å². The molecule has 5 heteroatoms. The van der Waals surface area contributed by atoms with Gasteiger partial charge in [0.05, 0.1) is 11.7 Å². The number of hydrogen-bond donors (Lipinski definition) is 1. The van der Waals surface area contributed by atoms with Crippen LogP contribution in [0.15, 0.2) is 4.79 Å². The summed E-state index contributed by atoms with van der Waals surface area (Å²) in [5, 5.41) is 0. The van der Waals surface area contributed by atoms with E-state index in [9.17, 15) is 4.79 Å². The number of piperazine rings is 3. The van der Waals surface area contributed by atoms with Crippen molar-refractivity contribution < 1.29 is 0 Å². The van der Waals surface area contributed by atoms with Crippen molar-refractivity contribution in [2.24, 2.45) is 0 Å². The van der Waals surface area contributed by atoms with Crippen LogP contribution >= 0.6 is 0 Å². The van der Waals surface area contributed by atoms with Gasteiger partial charge in [-0.2, -0.15) is 0 Å². The molecule has 1 aliphatic carbocycles. The molecule has 102 valence electrons. The van der Waals surface area contributed by atoms with Crippen LogP contribution in [0, 0.1) is 0 Å². The van der Waals surface area contributed by atoms with Crippen LogP contribution in [0.1, 0.15) is 36.0 Å². The fraction of sp³-hybridized carbons (Fsp3) is 0.714. The smallest absolute Gasteiger partial charge is 0.254 e. The molecule has 3 aliphatic heterocycles. The molecule has 1 N–H and O–H groups in total. The molecule has 19 heavy (non-hydrogen) atoms. The molecule has 4 aliphatic rings. The number of fused-ring (bicyclic) bond motifs is 4. The molecule has 5 rings (SSSR count). The van der Waals surface area contributed by atoms with Gasteiger partial charge in [0.25, 0.3) is 5.56 Å². The van der Waals surface area contributed by atoms with Gasteiger partial charge >= 0.3 is 0 Å². The van der Waals surface area contributed by atoms with Crippen molar-refractivity contribution in [3.63, 3.8) is 0 Å². The topological polar surface area (TPSA) is 52.2 Å². The lowest BCUT2D eigenvalue weighted by molar-refractivity contribution is 0.00842. The van der Waals surface area contributed by atoms with Gasteiger partial charge in [-0.1, -0.05) is 0 Å². The van der Waals surface area contributed by atoms with Crippen molar-refractivity contribution in [2.45, 2.75) is 31.7 Å². The van der Waals surface area contributed by atoms with E-state index in [2.05, 4.69) is 14.8 Å². The zero-order valence-electron chi connectivity index (χ0n) is 11.2. The minimum atomic E-state index is 0.109. The van der Waals surface area contributed by atoms with Gasteiger partial charge < -0.3 is 4.98 Å². The number of nitrogens with one attached hydrogen (secondary N) is 1. The highest BCUT2D eigenvalue weighted by molar-refractivity contribution is 5.22. The van der Waals surface area contributed by atoms with Gasteiger partial charge in [0.15, 0.2) is 0 Å². The number of nitrogens with zero attached hydrogens (tertiary/aromatic N) is 3. The summed E-state index contributed by atoms with van der Waals surface area (Å²) in [4.78, 5) is 25.0. The number of hydrogen-bond acceptors (Lipinski definition) is 4. The van der Waals surface area contributed by atoms with Crippen LogP contribution in [0.4, 0.5) is 0 Å².